The maximum absolute atomic E-state index is 12.8. The first-order chi connectivity index (χ1) is 11.6. The number of carbonyl (C=O) groups excluding carboxylic acids is 1. The highest BCUT2D eigenvalue weighted by atomic mass is 79.9. The fourth-order valence-electron chi connectivity index (χ4n) is 2.93. The van der Waals surface area contributed by atoms with Gasteiger partial charge in [-0.3, -0.25) is 9.69 Å². The predicted octanol–water partition coefficient (Wildman–Crippen LogP) is 3.79. The zero-order valence-electron chi connectivity index (χ0n) is 13.9. The first kappa shape index (κ1) is 17.5. The summed E-state index contributed by atoms with van der Waals surface area (Å²) in [5.74, 6) is 0.713. The van der Waals surface area contributed by atoms with Gasteiger partial charge in [-0.05, 0) is 47.1 Å². The molecule has 1 aromatic carbocycles. The van der Waals surface area contributed by atoms with Crippen molar-refractivity contribution in [1.29, 1.82) is 0 Å². The molecule has 1 aliphatic rings. The summed E-state index contributed by atoms with van der Waals surface area (Å²) in [5.41, 5.74) is 1.73. The van der Waals surface area contributed by atoms with Gasteiger partial charge >= 0.3 is 0 Å². The van der Waals surface area contributed by atoms with Crippen LogP contribution in [0.3, 0.4) is 0 Å². The Morgan fingerprint density at radius 3 is 2.58 bits per heavy atom. The average Bonchev–Trinajstić information content (AvgIpc) is 3.00. The van der Waals surface area contributed by atoms with E-state index in [1.54, 1.807) is 18.4 Å². The third-order valence-electron chi connectivity index (χ3n) is 4.25. The summed E-state index contributed by atoms with van der Waals surface area (Å²) in [6.45, 7) is 6.25. The second-order valence-electron chi connectivity index (χ2n) is 5.98. The van der Waals surface area contributed by atoms with Crippen LogP contribution in [-0.2, 0) is 6.54 Å². The summed E-state index contributed by atoms with van der Waals surface area (Å²) < 4.78 is 6.52. The Morgan fingerprint density at radius 2 is 1.96 bits per heavy atom. The Balaban J connectivity index is 1.62. The van der Waals surface area contributed by atoms with Gasteiger partial charge in [0.2, 0.25) is 0 Å². The van der Waals surface area contributed by atoms with Crippen LogP contribution in [0.4, 0.5) is 0 Å². The molecule has 0 aliphatic carbocycles. The van der Waals surface area contributed by atoms with Crippen molar-refractivity contribution < 1.29 is 9.53 Å². The molecule has 24 heavy (non-hydrogen) atoms. The van der Waals surface area contributed by atoms with Gasteiger partial charge in [-0.15, -0.1) is 11.3 Å². The van der Waals surface area contributed by atoms with Gasteiger partial charge in [0.05, 0.1) is 16.5 Å². The Hall–Kier alpha value is -1.37. The molecule has 1 aromatic heterocycles. The zero-order chi connectivity index (χ0) is 17.1. The van der Waals surface area contributed by atoms with Crippen molar-refractivity contribution in [2.75, 3.05) is 33.3 Å². The molecule has 1 aliphatic heterocycles. The molecule has 0 saturated carbocycles. The number of amides is 1. The molecule has 0 unspecified atom stereocenters. The van der Waals surface area contributed by atoms with Crippen molar-refractivity contribution in [3.63, 3.8) is 0 Å². The van der Waals surface area contributed by atoms with Crippen LogP contribution in [0.5, 0.6) is 5.75 Å². The van der Waals surface area contributed by atoms with E-state index in [9.17, 15) is 4.79 Å². The molecule has 6 heteroatoms. The van der Waals surface area contributed by atoms with Gasteiger partial charge < -0.3 is 9.64 Å². The molecule has 1 fully saturated rings. The summed E-state index contributed by atoms with van der Waals surface area (Å²) in [4.78, 5) is 18.5. The Morgan fingerprint density at radius 1 is 1.21 bits per heavy atom. The van der Waals surface area contributed by atoms with Crippen LogP contribution in [0, 0.1) is 6.92 Å². The largest absolute Gasteiger partial charge is 0.496 e. The first-order valence-corrected chi connectivity index (χ1v) is 9.58. The third kappa shape index (κ3) is 3.99. The van der Waals surface area contributed by atoms with E-state index >= 15 is 0 Å². The number of nitrogens with zero attached hydrogens (tertiary/aromatic N) is 2. The third-order valence-corrected chi connectivity index (χ3v) is 5.86. The number of halogens is 1. The number of methoxy groups -OCH3 is 1. The highest BCUT2D eigenvalue weighted by Crippen LogP contribution is 2.25. The molecule has 0 N–H and O–H groups in total. The number of benzene rings is 1. The molecule has 0 atom stereocenters. The SMILES string of the molecule is COc1ccc(C)cc1C(=O)N1CCN(Cc2ccc(Br)s2)CC1. The summed E-state index contributed by atoms with van der Waals surface area (Å²) >= 11 is 5.28. The Bertz CT molecular complexity index is 724. The zero-order valence-corrected chi connectivity index (χ0v) is 16.3. The van der Waals surface area contributed by atoms with E-state index in [1.807, 2.05) is 30.0 Å². The number of rotatable bonds is 4. The lowest BCUT2D eigenvalue weighted by molar-refractivity contribution is 0.0626. The van der Waals surface area contributed by atoms with E-state index < -0.39 is 0 Å². The molecule has 128 valence electrons. The van der Waals surface area contributed by atoms with E-state index in [4.69, 9.17) is 4.74 Å². The van der Waals surface area contributed by atoms with E-state index in [0.717, 1.165) is 42.1 Å². The van der Waals surface area contributed by atoms with Gasteiger partial charge in [0.15, 0.2) is 0 Å². The monoisotopic (exact) mass is 408 g/mol. The lowest BCUT2D eigenvalue weighted by atomic mass is 10.1. The van der Waals surface area contributed by atoms with Crippen LogP contribution < -0.4 is 4.74 Å². The molecular formula is C18H21BrN2O2S. The van der Waals surface area contributed by atoms with E-state index in [1.165, 1.54) is 4.88 Å². The number of ether oxygens (including phenoxy) is 1. The molecule has 2 heterocycles. The van der Waals surface area contributed by atoms with Crippen molar-refractivity contribution in [3.05, 3.63) is 50.1 Å². The van der Waals surface area contributed by atoms with Gasteiger partial charge in [-0.1, -0.05) is 11.6 Å². The number of thiophene rings is 1. The van der Waals surface area contributed by atoms with Crippen molar-refractivity contribution in [2.45, 2.75) is 13.5 Å². The molecule has 0 bridgehead atoms. The molecule has 1 saturated heterocycles. The van der Waals surface area contributed by atoms with Crippen LogP contribution in [0.2, 0.25) is 0 Å². The summed E-state index contributed by atoms with van der Waals surface area (Å²) in [6.07, 6.45) is 0. The summed E-state index contributed by atoms with van der Waals surface area (Å²) in [7, 11) is 1.61. The smallest absolute Gasteiger partial charge is 0.257 e. The van der Waals surface area contributed by atoms with Gasteiger partial charge in [-0.2, -0.15) is 0 Å². The minimum Gasteiger partial charge on any atom is -0.496 e. The van der Waals surface area contributed by atoms with Gasteiger partial charge in [-0.25, -0.2) is 0 Å². The molecule has 3 rings (SSSR count). The number of piperazine rings is 1. The maximum atomic E-state index is 12.8. The molecule has 1 amide bonds. The van der Waals surface area contributed by atoms with Crippen LogP contribution in [0.25, 0.3) is 0 Å². The highest BCUT2D eigenvalue weighted by molar-refractivity contribution is 9.11. The molecule has 4 nitrogen and oxygen atoms in total. The van der Waals surface area contributed by atoms with Crippen molar-refractivity contribution >= 4 is 33.2 Å². The number of hydrogen-bond donors (Lipinski definition) is 0. The quantitative estimate of drug-likeness (QED) is 0.771. The fraction of sp³-hybridized carbons (Fsp3) is 0.389. The van der Waals surface area contributed by atoms with Crippen molar-refractivity contribution in [3.8, 4) is 5.75 Å². The molecular weight excluding hydrogens is 388 g/mol. The Kier molecular flexibility index (Phi) is 5.58. The lowest BCUT2D eigenvalue weighted by Crippen LogP contribution is -2.48. The van der Waals surface area contributed by atoms with Crippen molar-refractivity contribution in [2.24, 2.45) is 0 Å². The number of hydrogen-bond acceptors (Lipinski definition) is 4. The van der Waals surface area contributed by atoms with Crippen LogP contribution in [0.1, 0.15) is 20.8 Å². The summed E-state index contributed by atoms with van der Waals surface area (Å²) in [6, 6.07) is 9.99. The molecule has 0 radical (unpaired) electrons. The average molecular weight is 409 g/mol. The van der Waals surface area contributed by atoms with E-state index in [2.05, 4.69) is 33.0 Å². The van der Waals surface area contributed by atoms with Crippen LogP contribution >= 0.6 is 27.3 Å². The van der Waals surface area contributed by atoms with Gasteiger partial charge in [0, 0.05) is 37.6 Å². The standard InChI is InChI=1S/C18H21BrN2O2S/c1-13-3-5-16(23-2)15(11-13)18(22)21-9-7-20(8-10-21)12-14-4-6-17(19)24-14/h3-6,11H,7-10,12H2,1-2H3. The Labute approximate surface area is 155 Å². The van der Waals surface area contributed by atoms with Crippen molar-refractivity contribution in [1.82, 2.24) is 9.80 Å². The molecule has 2 aromatic rings. The number of aryl methyl sites for hydroxylation is 1. The second kappa shape index (κ2) is 7.68. The molecule has 0 spiro atoms. The normalized spacial score (nSPS) is 15.5. The summed E-state index contributed by atoms with van der Waals surface area (Å²) in [5, 5.41) is 0. The first-order valence-electron chi connectivity index (χ1n) is 7.97. The minimum absolute atomic E-state index is 0.0640. The van der Waals surface area contributed by atoms with Gasteiger partial charge in [0.25, 0.3) is 5.91 Å². The predicted molar refractivity (Wildman–Crippen MR) is 101 cm³/mol. The minimum atomic E-state index is 0.0640. The lowest BCUT2D eigenvalue weighted by Gasteiger charge is -2.34. The number of carbonyl (C=O) groups is 1. The van der Waals surface area contributed by atoms with Crippen LogP contribution in [-0.4, -0.2) is 49.0 Å². The van der Waals surface area contributed by atoms with Gasteiger partial charge in [0.1, 0.15) is 5.75 Å². The fourth-order valence-corrected chi connectivity index (χ4v) is 4.45. The second-order valence-corrected chi connectivity index (χ2v) is 8.53. The van der Waals surface area contributed by atoms with E-state index in [-0.39, 0.29) is 5.91 Å². The van der Waals surface area contributed by atoms with Crippen LogP contribution in [0.15, 0.2) is 34.1 Å². The highest BCUT2D eigenvalue weighted by Gasteiger charge is 2.24. The van der Waals surface area contributed by atoms with E-state index in [0.29, 0.717) is 11.3 Å². The maximum Gasteiger partial charge on any atom is 0.257 e. The topological polar surface area (TPSA) is 32.8 Å².